The second-order valence-electron chi connectivity index (χ2n) is 4.95. The molecule has 1 amide bonds. The maximum atomic E-state index is 12.4. The van der Waals surface area contributed by atoms with Crippen molar-refractivity contribution in [2.75, 3.05) is 19.8 Å². The third-order valence-corrected chi connectivity index (χ3v) is 4.35. The van der Waals surface area contributed by atoms with Crippen molar-refractivity contribution in [3.63, 3.8) is 0 Å². The van der Waals surface area contributed by atoms with Gasteiger partial charge in [-0.15, -0.1) is 0 Å². The zero-order valence-electron chi connectivity index (χ0n) is 11.3. The lowest BCUT2D eigenvalue weighted by molar-refractivity contribution is -0.131. The fourth-order valence-electron chi connectivity index (χ4n) is 2.29. The van der Waals surface area contributed by atoms with Crippen LogP contribution in [0.25, 0.3) is 0 Å². The molecule has 1 rings (SSSR count). The van der Waals surface area contributed by atoms with Gasteiger partial charge >= 0.3 is 0 Å². The van der Waals surface area contributed by atoms with Gasteiger partial charge in [0.15, 0.2) is 0 Å². The molecule has 0 aromatic carbocycles. The van der Waals surface area contributed by atoms with Gasteiger partial charge in [0.05, 0.1) is 4.99 Å². The lowest BCUT2D eigenvalue weighted by atomic mass is 9.79. The van der Waals surface area contributed by atoms with Gasteiger partial charge in [0.25, 0.3) is 0 Å². The minimum absolute atomic E-state index is 0.0230. The predicted molar refractivity (Wildman–Crippen MR) is 76.4 cm³/mol. The zero-order chi connectivity index (χ0) is 13.6. The van der Waals surface area contributed by atoms with Gasteiger partial charge in [0, 0.05) is 19.8 Å². The number of hydrogen-bond donors (Lipinski definition) is 2. The first-order valence-electron chi connectivity index (χ1n) is 6.72. The van der Waals surface area contributed by atoms with Crippen LogP contribution < -0.4 is 11.1 Å². The summed E-state index contributed by atoms with van der Waals surface area (Å²) in [6, 6.07) is 0. The largest absolute Gasteiger partial charge is 0.392 e. The molecule has 0 aromatic heterocycles. The molecule has 1 fully saturated rings. The molecule has 104 valence electrons. The Bertz CT molecular complexity index is 297. The van der Waals surface area contributed by atoms with Crippen molar-refractivity contribution in [3.05, 3.63) is 0 Å². The Balaban J connectivity index is 2.63. The smallest absolute Gasteiger partial charge is 0.233 e. The Kier molecular flexibility index (Phi) is 6.02. The van der Waals surface area contributed by atoms with Crippen molar-refractivity contribution >= 4 is 23.1 Å². The lowest BCUT2D eigenvalue weighted by Gasteiger charge is -2.35. The molecule has 0 aromatic rings. The number of rotatable bonds is 6. The van der Waals surface area contributed by atoms with E-state index >= 15 is 0 Å². The zero-order valence-corrected chi connectivity index (χ0v) is 12.1. The number of hydrogen-bond acceptors (Lipinski definition) is 3. The quantitative estimate of drug-likeness (QED) is 0.721. The molecule has 0 atom stereocenters. The van der Waals surface area contributed by atoms with E-state index in [0.717, 1.165) is 12.8 Å². The van der Waals surface area contributed by atoms with Crippen molar-refractivity contribution in [2.24, 2.45) is 17.1 Å². The highest BCUT2D eigenvalue weighted by Gasteiger charge is 2.42. The van der Waals surface area contributed by atoms with Crippen LogP contribution in [0.3, 0.4) is 0 Å². The molecule has 0 unspecified atom stereocenters. The Morgan fingerprint density at radius 3 is 2.39 bits per heavy atom. The minimum atomic E-state index is -0.695. The van der Waals surface area contributed by atoms with Gasteiger partial charge in [-0.3, -0.25) is 4.79 Å². The summed E-state index contributed by atoms with van der Waals surface area (Å²) in [5.41, 5.74) is 5.09. The van der Waals surface area contributed by atoms with Crippen molar-refractivity contribution in [1.82, 2.24) is 5.32 Å². The number of amides is 1. The first-order chi connectivity index (χ1) is 8.56. The molecule has 0 bridgehead atoms. The van der Waals surface area contributed by atoms with Crippen molar-refractivity contribution in [1.29, 1.82) is 0 Å². The third kappa shape index (κ3) is 3.42. The highest BCUT2D eigenvalue weighted by molar-refractivity contribution is 7.80. The molecule has 1 aliphatic heterocycles. The fourth-order valence-corrected chi connectivity index (χ4v) is 2.59. The van der Waals surface area contributed by atoms with E-state index in [1.165, 1.54) is 0 Å². The van der Waals surface area contributed by atoms with Crippen LogP contribution >= 0.6 is 12.2 Å². The Hall–Kier alpha value is -0.680. The minimum Gasteiger partial charge on any atom is -0.392 e. The summed E-state index contributed by atoms with van der Waals surface area (Å²) in [6.45, 7) is 6.08. The van der Waals surface area contributed by atoms with E-state index in [1.807, 2.05) is 0 Å². The molecular weight excluding hydrogens is 248 g/mol. The van der Waals surface area contributed by atoms with E-state index < -0.39 is 5.41 Å². The van der Waals surface area contributed by atoms with Gasteiger partial charge in [-0.1, -0.05) is 38.9 Å². The molecule has 1 aliphatic rings. The summed E-state index contributed by atoms with van der Waals surface area (Å²) in [4.78, 5) is 12.7. The van der Waals surface area contributed by atoms with Gasteiger partial charge in [0.1, 0.15) is 5.41 Å². The van der Waals surface area contributed by atoms with Crippen LogP contribution in [-0.4, -0.2) is 30.7 Å². The van der Waals surface area contributed by atoms with E-state index in [1.54, 1.807) is 0 Å². The number of ether oxygens (including phenoxy) is 1. The molecule has 3 N–H and O–H groups in total. The molecule has 0 spiro atoms. The second kappa shape index (κ2) is 7.04. The molecule has 0 aliphatic carbocycles. The molecule has 4 nitrogen and oxygen atoms in total. The van der Waals surface area contributed by atoms with E-state index in [-0.39, 0.29) is 5.91 Å². The summed E-state index contributed by atoms with van der Waals surface area (Å²) < 4.78 is 5.30. The maximum Gasteiger partial charge on any atom is 0.233 e. The molecule has 1 saturated heterocycles. The molecule has 0 saturated carbocycles. The first-order valence-corrected chi connectivity index (χ1v) is 7.13. The highest BCUT2D eigenvalue weighted by Crippen LogP contribution is 2.31. The van der Waals surface area contributed by atoms with Crippen molar-refractivity contribution in [2.45, 2.75) is 39.5 Å². The third-order valence-electron chi connectivity index (χ3n) is 3.96. The number of nitrogens with two attached hydrogens (primary N) is 1. The van der Waals surface area contributed by atoms with Gasteiger partial charge in [-0.05, 0) is 18.8 Å². The van der Waals surface area contributed by atoms with Crippen molar-refractivity contribution < 1.29 is 9.53 Å². The van der Waals surface area contributed by atoms with Crippen LogP contribution in [0.15, 0.2) is 0 Å². The predicted octanol–water partition coefficient (Wildman–Crippen LogP) is 1.62. The maximum absolute atomic E-state index is 12.4. The topological polar surface area (TPSA) is 64.4 Å². The standard InChI is InChI=1S/C13H24N2O2S/c1-3-10(4-2)9-15-12(16)13(11(14)18)5-7-17-8-6-13/h10H,3-9H2,1-2H3,(H2,14,18)(H,15,16). The van der Waals surface area contributed by atoms with Crippen LogP contribution in [0.4, 0.5) is 0 Å². The number of carbonyl (C=O) groups excluding carboxylic acids is 1. The van der Waals surface area contributed by atoms with E-state index in [9.17, 15) is 4.79 Å². The van der Waals surface area contributed by atoms with Gasteiger partial charge in [0.2, 0.25) is 5.91 Å². The molecular formula is C13H24N2O2S. The first kappa shape index (κ1) is 15.4. The van der Waals surface area contributed by atoms with Crippen LogP contribution in [0.2, 0.25) is 0 Å². The summed E-state index contributed by atoms with van der Waals surface area (Å²) in [7, 11) is 0. The Morgan fingerprint density at radius 1 is 1.39 bits per heavy atom. The summed E-state index contributed by atoms with van der Waals surface area (Å²) >= 11 is 5.10. The average molecular weight is 272 g/mol. The molecule has 18 heavy (non-hydrogen) atoms. The second-order valence-corrected chi connectivity index (χ2v) is 5.39. The van der Waals surface area contributed by atoms with E-state index in [4.69, 9.17) is 22.7 Å². The summed E-state index contributed by atoms with van der Waals surface area (Å²) in [5, 5.41) is 3.01. The van der Waals surface area contributed by atoms with Crippen LogP contribution in [0, 0.1) is 11.3 Å². The van der Waals surface area contributed by atoms with Crippen LogP contribution in [0.5, 0.6) is 0 Å². The number of nitrogens with one attached hydrogen (secondary N) is 1. The van der Waals surface area contributed by atoms with Gasteiger partial charge < -0.3 is 15.8 Å². The lowest BCUT2D eigenvalue weighted by Crippen LogP contribution is -2.52. The number of carbonyl (C=O) groups is 1. The molecule has 0 radical (unpaired) electrons. The van der Waals surface area contributed by atoms with Gasteiger partial charge in [-0.25, -0.2) is 0 Å². The summed E-state index contributed by atoms with van der Waals surface area (Å²) in [5.74, 6) is 0.502. The van der Waals surface area contributed by atoms with Crippen molar-refractivity contribution in [3.8, 4) is 0 Å². The van der Waals surface area contributed by atoms with E-state index in [2.05, 4.69) is 19.2 Å². The van der Waals surface area contributed by atoms with Crippen LogP contribution in [0.1, 0.15) is 39.5 Å². The average Bonchev–Trinajstić information content (AvgIpc) is 2.40. The van der Waals surface area contributed by atoms with E-state index in [0.29, 0.717) is 43.5 Å². The Morgan fingerprint density at radius 2 is 1.94 bits per heavy atom. The highest BCUT2D eigenvalue weighted by atomic mass is 32.1. The monoisotopic (exact) mass is 272 g/mol. The van der Waals surface area contributed by atoms with Crippen LogP contribution in [-0.2, 0) is 9.53 Å². The SMILES string of the molecule is CCC(CC)CNC(=O)C1(C(N)=S)CCOCC1. The normalized spacial score (nSPS) is 18.6. The Labute approximate surface area is 115 Å². The van der Waals surface area contributed by atoms with Gasteiger partial charge in [-0.2, -0.15) is 0 Å². The fraction of sp³-hybridized carbons (Fsp3) is 0.846. The summed E-state index contributed by atoms with van der Waals surface area (Å²) in [6.07, 6.45) is 3.33. The molecule has 1 heterocycles. The molecule has 5 heteroatoms. The number of thiocarbonyl (C=S) groups is 1.